The Labute approximate surface area is 179 Å². The highest BCUT2D eigenvalue weighted by Crippen LogP contribution is 2.24. The van der Waals surface area contributed by atoms with E-state index in [0.717, 1.165) is 73.5 Å². The van der Waals surface area contributed by atoms with Crippen LogP contribution in [-0.4, -0.2) is 56.8 Å². The number of nitrogens with zero attached hydrogens (tertiary/aromatic N) is 1. The molecule has 2 heterocycles. The van der Waals surface area contributed by atoms with Gasteiger partial charge in [-0.1, -0.05) is 12.1 Å². The largest absolute Gasteiger partial charge is 0.494 e. The highest BCUT2D eigenvalue weighted by Gasteiger charge is 2.23. The third-order valence-electron chi connectivity index (χ3n) is 6.55. The Bertz CT molecular complexity index is 839. The number of fused-ring (bicyclic) bond motifs is 1. The Balaban J connectivity index is 1.31. The Morgan fingerprint density at radius 2 is 1.90 bits per heavy atom. The molecule has 4 rings (SSSR count). The maximum atomic E-state index is 12.9. The van der Waals surface area contributed by atoms with Crippen molar-refractivity contribution >= 4 is 16.7 Å². The van der Waals surface area contributed by atoms with Crippen LogP contribution < -0.4 is 10.1 Å². The number of carbonyl (C=O) groups is 1. The lowest BCUT2D eigenvalue weighted by atomic mass is 9.95. The van der Waals surface area contributed by atoms with Crippen LogP contribution in [0.25, 0.3) is 10.8 Å². The monoisotopic (exact) mass is 410 g/mol. The smallest absolute Gasteiger partial charge is 0.253 e. The second-order valence-corrected chi connectivity index (χ2v) is 8.65. The number of methoxy groups -OCH3 is 1. The summed E-state index contributed by atoms with van der Waals surface area (Å²) in [5.74, 6) is 1.82. The van der Waals surface area contributed by atoms with Gasteiger partial charge >= 0.3 is 0 Å². The predicted octanol–water partition coefficient (Wildman–Crippen LogP) is 4.25. The predicted molar refractivity (Wildman–Crippen MR) is 120 cm³/mol. The van der Waals surface area contributed by atoms with Crippen LogP contribution in [0.4, 0.5) is 0 Å². The molecule has 2 aliphatic heterocycles. The standard InChI is InChI=1S/C25H34N2O3/c1-29-23-10-13-27(14-11-23)25(28)22-7-6-21-17-24(9-8-20(21)16-22)30-15-3-5-19-4-2-12-26-18-19/h6-9,16-17,19,23,26H,2-5,10-15,18H2,1H3. The van der Waals surface area contributed by atoms with Crippen LogP contribution in [0.2, 0.25) is 0 Å². The number of carbonyl (C=O) groups excluding carboxylic acids is 1. The normalized spacial score (nSPS) is 20.4. The first kappa shape index (κ1) is 21.1. The Kier molecular flexibility index (Phi) is 7.24. The lowest BCUT2D eigenvalue weighted by Crippen LogP contribution is -2.40. The van der Waals surface area contributed by atoms with Crippen LogP contribution in [0.15, 0.2) is 36.4 Å². The number of hydrogen-bond acceptors (Lipinski definition) is 4. The first-order valence-electron chi connectivity index (χ1n) is 11.4. The van der Waals surface area contributed by atoms with Gasteiger partial charge in [-0.25, -0.2) is 0 Å². The number of hydrogen-bond donors (Lipinski definition) is 1. The average Bonchev–Trinajstić information content (AvgIpc) is 2.81. The van der Waals surface area contributed by atoms with Crippen molar-refractivity contribution in [2.75, 3.05) is 39.9 Å². The van der Waals surface area contributed by atoms with E-state index in [1.165, 1.54) is 25.8 Å². The van der Waals surface area contributed by atoms with E-state index in [-0.39, 0.29) is 12.0 Å². The average molecular weight is 411 g/mol. The molecule has 30 heavy (non-hydrogen) atoms. The van der Waals surface area contributed by atoms with Crippen molar-refractivity contribution in [2.45, 2.75) is 44.6 Å². The van der Waals surface area contributed by atoms with Crippen molar-refractivity contribution in [3.05, 3.63) is 42.0 Å². The molecule has 2 aromatic carbocycles. The van der Waals surface area contributed by atoms with E-state index in [1.807, 2.05) is 29.2 Å². The SMILES string of the molecule is COC1CCN(C(=O)c2ccc3cc(OCCCC4CCCNC4)ccc3c2)CC1. The molecule has 2 aromatic rings. The molecule has 1 N–H and O–H groups in total. The molecule has 0 aliphatic carbocycles. The molecule has 0 spiro atoms. The van der Waals surface area contributed by atoms with E-state index in [0.29, 0.717) is 0 Å². The van der Waals surface area contributed by atoms with Crippen molar-refractivity contribution < 1.29 is 14.3 Å². The van der Waals surface area contributed by atoms with Gasteiger partial charge in [-0.15, -0.1) is 0 Å². The molecule has 5 heteroatoms. The molecule has 2 saturated heterocycles. The molecular weight excluding hydrogens is 376 g/mol. The van der Waals surface area contributed by atoms with Crippen LogP contribution in [0.3, 0.4) is 0 Å². The van der Waals surface area contributed by atoms with Gasteiger partial charge in [-0.2, -0.15) is 0 Å². The maximum absolute atomic E-state index is 12.9. The lowest BCUT2D eigenvalue weighted by molar-refractivity contribution is 0.0351. The summed E-state index contributed by atoms with van der Waals surface area (Å²) in [5, 5.41) is 5.66. The number of amides is 1. The van der Waals surface area contributed by atoms with Crippen molar-refractivity contribution in [1.29, 1.82) is 0 Å². The summed E-state index contributed by atoms with van der Waals surface area (Å²) < 4.78 is 11.4. The Morgan fingerprint density at radius 3 is 2.67 bits per heavy atom. The van der Waals surface area contributed by atoms with Gasteiger partial charge in [0, 0.05) is 25.8 Å². The van der Waals surface area contributed by atoms with Crippen molar-refractivity contribution in [3.8, 4) is 5.75 Å². The molecule has 1 amide bonds. The fourth-order valence-electron chi connectivity index (χ4n) is 4.66. The summed E-state index contributed by atoms with van der Waals surface area (Å²) in [5.41, 5.74) is 0.758. The summed E-state index contributed by atoms with van der Waals surface area (Å²) in [4.78, 5) is 14.8. The van der Waals surface area contributed by atoms with Gasteiger partial charge in [0.2, 0.25) is 0 Å². The molecule has 2 aliphatic rings. The highest BCUT2D eigenvalue weighted by atomic mass is 16.5. The first-order valence-corrected chi connectivity index (χ1v) is 11.4. The van der Waals surface area contributed by atoms with Gasteiger partial charge in [0.05, 0.1) is 12.7 Å². The zero-order valence-electron chi connectivity index (χ0n) is 18.1. The fourth-order valence-corrected chi connectivity index (χ4v) is 4.66. The van der Waals surface area contributed by atoms with Gasteiger partial charge in [0.1, 0.15) is 5.75 Å². The molecule has 0 aromatic heterocycles. The van der Waals surface area contributed by atoms with Crippen LogP contribution in [0, 0.1) is 5.92 Å². The second-order valence-electron chi connectivity index (χ2n) is 8.65. The number of piperidine rings is 2. The van der Waals surface area contributed by atoms with Gasteiger partial charge < -0.3 is 19.7 Å². The number of nitrogens with one attached hydrogen (secondary N) is 1. The quantitative estimate of drug-likeness (QED) is 0.694. The number of rotatable bonds is 7. The van der Waals surface area contributed by atoms with Gasteiger partial charge in [-0.05, 0) is 92.6 Å². The Hall–Kier alpha value is -2.11. The topological polar surface area (TPSA) is 50.8 Å². The van der Waals surface area contributed by atoms with Crippen LogP contribution in [-0.2, 0) is 4.74 Å². The molecule has 162 valence electrons. The molecule has 5 nitrogen and oxygen atoms in total. The summed E-state index contributed by atoms with van der Waals surface area (Å²) in [7, 11) is 1.75. The van der Waals surface area contributed by atoms with E-state index < -0.39 is 0 Å². The summed E-state index contributed by atoms with van der Waals surface area (Å²) >= 11 is 0. The molecule has 2 fully saturated rings. The second kappa shape index (κ2) is 10.3. The first-order chi connectivity index (χ1) is 14.7. The number of likely N-dealkylation sites (tertiary alicyclic amines) is 1. The number of ether oxygens (including phenoxy) is 2. The third kappa shape index (κ3) is 5.32. The Morgan fingerprint density at radius 1 is 1.10 bits per heavy atom. The van der Waals surface area contributed by atoms with Gasteiger partial charge in [0.15, 0.2) is 0 Å². The molecular formula is C25H34N2O3. The molecule has 1 atom stereocenters. The van der Waals surface area contributed by atoms with E-state index >= 15 is 0 Å². The molecule has 0 bridgehead atoms. The van der Waals surface area contributed by atoms with Crippen LogP contribution in [0.1, 0.15) is 48.9 Å². The third-order valence-corrected chi connectivity index (χ3v) is 6.55. The van der Waals surface area contributed by atoms with Crippen molar-refractivity contribution in [2.24, 2.45) is 5.92 Å². The summed E-state index contributed by atoms with van der Waals surface area (Å²) in [6, 6.07) is 12.1. The summed E-state index contributed by atoms with van der Waals surface area (Å²) in [6.07, 6.45) is 7.07. The van der Waals surface area contributed by atoms with Crippen molar-refractivity contribution in [1.82, 2.24) is 10.2 Å². The van der Waals surface area contributed by atoms with E-state index in [2.05, 4.69) is 17.4 Å². The molecule has 1 unspecified atom stereocenters. The van der Waals surface area contributed by atoms with E-state index in [4.69, 9.17) is 9.47 Å². The lowest BCUT2D eigenvalue weighted by Gasteiger charge is -2.31. The minimum absolute atomic E-state index is 0.115. The minimum atomic E-state index is 0.115. The van der Waals surface area contributed by atoms with Gasteiger partial charge in [-0.3, -0.25) is 4.79 Å². The van der Waals surface area contributed by atoms with E-state index in [9.17, 15) is 4.79 Å². The van der Waals surface area contributed by atoms with E-state index in [1.54, 1.807) is 7.11 Å². The van der Waals surface area contributed by atoms with Crippen LogP contribution in [0.5, 0.6) is 5.75 Å². The van der Waals surface area contributed by atoms with Crippen LogP contribution >= 0.6 is 0 Å². The number of benzene rings is 2. The molecule has 0 saturated carbocycles. The highest BCUT2D eigenvalue weighted by molar-refractivity contribution is 5.98. The molecule has 0 radical (unpaired) electrons. The zero-order valence-corrected chi connectivity index (χ0v) is 18.1. The zero-order chi connectivity index (χ0) is 20.8. The fraction of sp³-hybridized carbons (Fsp3) is 0.560. The maximum Gasteiger partial charge on any atom is 0.253 e. The summed E-state index contributed by atoms with van der Waals surface area (Å²) in [6.45, 7) is 4.61. The van der Waals surface area contributed by atoms with Crippen molar-refractivity contribution in [3.63, 3.8) is 0 Å². The van der Waals surface area contributed by atoms with Gasteiger partial charge in [0.25, 0.3) is 5.91 Å². The minimum Gasteiger partial charge on any atom is -0.494 e.